The number of hydrogen-bond donors (Lipinski definition) is 0. The van der Waals surface area contributed by atoms with E-state index in [1.165, 1.54) is 0 Å². The topological polar surface area (TPSA) is 43.4 Å². The molecule has 0 aromatic rings. The van der Waals surface area contributed by atoms with Crippen LogP contribution < -0.4 is 0 Å². The first kappa shape index (κ1) is 9.19. The molecule has 0 aromatic carbocycles. The molecule has 1 aliphatic heterocycles. The quantitative estimate of drug-likeness (QED) is 0.384. The number of esters is 2. The minimum atomic E-state index is -0.961. The minimum absolute atomic E-state index is 0.554. The fourth-order valence-electron chi connectivity index (χ4n) is 0.659. The van der Waals surface area contributed by atoms with Gasteiger partial charge in [-0.1, -0.05) is 31.9 Å². The molecule has 2 atom stereocenters. The number of hydrogen-bond acceptors (Lipinski definition) is 3. The van der Waals surface area contributed by atoms with Crippen molar-refractivity contribution in [2.45, 2.75) is 22.5 Å². The predicted molar refractivity (Wildman–Crippen MR) is 45.8 cm³/mol. The average molecular weight is 286 g/mol. The normalized spacial score (nSPS) is 44.4. The van der Waals surface area contributed by atoms with E-state index in [9.17, 15) is 9.59 Å². The van der Waals surface area contributed by atoms with Gasteiger partial charge in [0.2, 0.25) is 0 Å². The number of cyclic esters (lactones) is 2. The molecule has 0 radical (unpaired) electrons. The first-order chi connectivity index (χ1) is 4.80. The van der Waals surface area contributed by atoms with Crippen LogP contribution in [0.15, 0.2) is 0 Å². The van der Waals surface area contributed by atoms with Crippen LogP contribution in [0.5, 0.6) is 0 Å². The molecule has 0 unspecified atom stereocenters. The molecule has 3 nitrogen and oxygen atoms in total. The van der Waals surface area contributed by atoms with Gasteiger partial charge in [-0.3, -0.25) is 0 Å². The van der Waals surface area contributed by atoms with Crippen molar-refractivity contribution < 1.29 is 14.3 Å². The van der Waals surface area contributed by atoms with Gasteiger partial charge in [-0.2, -0.15) is 0 Å². The molecule has 11 heavy (non-hydrogen) atoms. The van der Waals surface area contributed by atoms with Crippen molar-refractivity contribution in [2.75, 3.05) is 0 Å². The SMILES string of the molecule is C[C@]1(Br)C(=O)OC(=O)[C@@]1(C)Br. The van der Waals surface area contributed by atoms with Crippen LogP contribution >= 0.6 is 31.9 Å². The Morgan fingerprint density at radius 1 is 1.09 bits per heavy atom. The van der Waals surface area contributed by atoms with Crippen LogP contribution in [0.25, 0.3) is 0 Å². The largest absolute Gasteiger partial charge is 0.391 e. The van der Waals surface area contributed by atoms with Crippen LogP contribution in [0.2, 0.25) is 0 Å². The van der Waals surface area contributed by atoms with Crippen molar-refractivity contribution in [1.82, 2.24) is 0 Å². The van der Waals surface area contributed by atoms with Crippen LogP contribution in [-0.2, 0) is 14.3 Å². The van der Waals surface area contributed by atoms with Crippen LogP contribution in [-0.4, -0.2) is 20.6 Å². The smallest absolute Gasteiger partial charge is 0.332 e. The van der Waals surface area contributed by atoms with Crippen LogP contribution in [0.1, 0.15) is 13.8 Å². The fraction of sp³-hybridized carbons (Fsp3) is 0.667. The van der Waals surface area contributed by atoms with E-state index in [1.807, 2.05) is 0 Å². The summed E-state index contributed by atoms with van der Waals surface area (Å²) in [4.78, 5) is 22.0. The third kappa shape index (κ3) is 1.05. The van der Waals surface area contributed by atoms with E-state index in [1.54, 1.807) is 13.8 Å². The summed E-state index contributed by atoms with van der Waals surface area (Å²) in [5.41, 5.74) is 0. The maximum Gasteiger partial charge on any atom is 0.332 e. The van der Waals surface area contributed by atoms with Gasteiger partial charge in [0.1, 0.15) is 8.65 Å². The van der Waals surface area contributed by atoms with Crippen LogP contribution in [0.4, 0.5) is 0 Å². The second-order valence-electron chi connectivity index (χ2n) is 2.68. The summed E-state index contributed by atoms with van der Waals surface area (Å²) < 4.78 is 2.50. The van der Waals surface area contributed by atoms with E-state index in [4.69, 9.17) is 0 Å². The van der Waals surface area contributed by atoms with Crippen molar-refractivity contribution in [3.05, 3.63) is 0 Å². The Balaban J connectivity index is 3.15. The van der Waals surface area contributed by atoms with Gasteiger partial charge in [0.05, 0.1) is 0 Å². The highest BCUT2D eigenvalue weighted by molar-refractivity contribution is 9.13. The first-order valence-electron chi connectivity index (χ1n) is 2.94. The lowest BCUT2D eigenvalue weighted by Gasteiger charge is -2.21. The summed E-state index contributed by atoms with van der Waals surface area (Å²) in [6, 6.07) is 0. The summed E-state index contributed by atoms with van der Waals surface area (Å²) in [6.45, 7) is 3.18. The molecule has 62 valence electrons. The molecule has 1 aliphatic rings. The van der Waals surface area contributed by atoms with Crippen molar-refractivity contribution >= 4 is 43.8 Å². The van der Waals surface area contributed by atoms with Crippen LogP contribution in [0.3, 0.4) is 0 Å². The number of alkyl halides is 2. The average Bonchev–Trinajstić information content (AvgIpc) is 1.95. The fourth-order valence-corrected chi connectivity index (χ4v) is 1.14. The molecular formula is C6H6Br2O3. The Hall–Kier alpha value is 0.1000. The Kier molecular flexibility index (Phi) is 1.92. The molecular weight excluding hydrogens is 280 g/mol. The molecule has 1 rings (SSSR count). The minimum Gasteiger partial charge on any atom is -0.391 e. The van der Waals surface area contributed by atoms with Gasteiger partial charge in [0.15, 0.2) is 0 Å². The molecule has 0 aliphatic carbocycles. The molecule has 0 N–H and O–H groups in total. The highest BCUT2D eigenvalue weighted by Crippen LogP contribution is 2.44. The Morgan fingerprint density at radius 2 is 1.36 bits per heavy atom. The highest BCUT2D eigenvalue weighted by atomic mass is 79.9. The lowest BCUT2D eigenvalue weighted by atomic mass is 9.99. The van der Waals surface area contributed by atoms with E-state index in [0.29, 0.717) is 0 Å². The molecule has 1 heterocycles. The molecule has 0 saturated carbocycles. The third-order valence-electron chi connectivity index (χ3n) is 1.83. The highest BCUT2D eigenvalue weighted by Gasteiger charge is 2.61. The summed E-state index contributed by atoms with van der Waals surface area (Å²) >= 11 is 6.25. The number of ether oxygens (including phenoxy) is 1. The molecule has 5 heteroatoms. The van der Waals surface area contributed by atoms with Crippen molar-refractivity contribution in [3.63, 3.8) is 0 Å². The van der Waals surface area contributed by atoms with Crippen molar-refractivity contribution in [2.24, 2.45) is 0 Å². The van der Waals surface area contributed by atoms with E-state index in [-0.39, 0.29) is 0 Å². The lowest BCUT2D eigenvalue weighted by molar-refractivity contribution is -0.152. The zero-order valence-electron chi connectivity index (χ0n) is 5.98. The Morgan fingerprint density at radius 3 is 1.45 bits per heavy atom. The number of carbonyl (C=O) groups excluding carboxylic acids is 2. The maximum absolute atomic E-state index is 11.0. The van der Waals surface area contributed by atoms with Gasteiger partial charge in [-0.05, 0) is 13.8 Å². The van der Waals surface area contributed by atoms with E-state index in [0.717, 1.165) is 0 Å². The number of halogens is 2. The molecule has 0 bridgehead atoms. The van der Waals surface area contributed by atoms with E-state index < -0.39 is 20.6 Å². The second kappa shape index (κ2) is 2.29. The summed E-state index contributed by atoms with van der Waals surface area (Å²) in [5.74, 6) is -1.11. The van der Waals surface area contributed by atoms with Gasteiger partial charge in [0, 0.05) is 0 Å². The summed E-state index contributed by atoms with van der Waals surface area (Å²) in [7, 11) is 0. The van der Waals surface area contributed by atoms with E-state index >= 15 is 0 Å². The predicted octanol–water partition coefficient (Wildman–Crippen LogP) is 1.38. The standard InChI is InChI=1S/C6H6Br2O3/c1-5(7)3(9)11-4(10)6(5,2)8/h1-2H3/t5-,6+. The van der Waals surface area contributed by atoms with Gasteiger partial charge in [-0.15, -0.1) is 0 Å². The van der Waals surface area contributed by atoms with Gasteiger partial charge in [-0.25, -0.2) is 9.59 Å². The zero-order chi connectivity index (χ0) is 8.86. The van der Waals surface area contributed by atoms with Crippen LogP contribution in [0, 0.1) is 0 Å². The second-order valence-corrected chi connectivity index (χ2v) is 5.85. The zero-order valence-corrected chi connectivity index (χ0v) is 9.15. The summed E-state index contributed by atoms with van der Waals surface area (Å²) in [5, 5.41) is 0. The molecule has 1 fully saturated rings. The van der Waals surface area contributed by atoms with Crippen molar-refractivity contribution in [3.8, 4) is 0 Å². The molecule has 1 saturated heterocycles. The van der Waals surface area contributed by atoms with Crippen molar-refractivity contribution in [1.29, 1.82) is 0 Å². The van der Waals surface area contributed by atoms with Gasteiger partial charge in [0.25, 0.3) is 0 Å². The Labute approximate surface area is 80.7 Å². The van der Waals surface area contributed by atoms with Gasteiger partial charge >= 0.3 is 11.9 Å². The molecule has 0 amide bonds. The monoisotopic (exact) mass is 284 g/mol. The molecule has 0 aromatic heterocycles. The third-order valence-corrected chi connectivity index (χ3v) is 4.60. The Bertz CT molecular complexity index is 208. The first-order valence-corrected chi connectivity index (χ1v) is 4.53. The van der Waals surface area contributed by atoms with E-state index in [2.05, 4.69) is 36.6 Å². The number of carbonyl (C=O) groups is 2. The molecule has 0 spiro atoms. The van der Waals surface area contributed by atoms with Gasteiger partial charge < -0.3 is 4.74 Å². The maximum atomic E-state index is 11.0. The number of rotatable bonds is 0. The summed E-state index contributed by atoms with van der Waals surface area (Å²) in [6.07, 6.45) is 0. The lowest BCUT2D eigenvalue weighted by Crippen LogP contribution is -2.42.